The molecular weight excluding hydrogens is 553 g/mol. The van der Waals surface area contributed by atoms with Crippen LogP contribution < -0.4 is 10.6 Å². The van der Waals surface area contributed by atoms with Crippen LogP contribution in [0.1, 0.15) is 28.8 Å². The normalized spacial score (nSPS) is 21.3. The maximum Gasteiger partial charge on any atom is 0.417 e. The van der Waals surface area contributed by atoms with Crippen LogP contribution in [-0.4, -0.2) is 102 Å². The lowest BCUT2D eigenvalue weighted by Gasteiger charge is -2.33. The number of carbonyl (C=O) groups is 1. The van der Waals surface area contributed by atoms with E-state index in [9.17, 15) is 18.0 Å². The summed E-state index contributed by atoms with van der Waals surface area (Å²) < 4.78 is 65.7. The summed E-state index contributed by atoms with van der Waals surface area (Å²) in [7, 11) is 2.01. The Hall–Kier alpha value is -3.63. The van der Waals surface area contributed by atoms with Crippen LogP contribution >= 0.6 is 0 Å². The fourth-order valence-electron chi connectivity index (χ4n) is 5.31. The topological polar surface area (TPSA) is 139 Å². The van der Waals surface area contributed by atoms with Crippen molar-refractivity contribution in [2.75, 3.05) is 56.9 Å². The summed E-state index contributed by atoms with van der Waals surface area (Å²) >= 11 is -0.750. The van der Waals surface area contributed by atoms with Gasteiger partial charge in [0, 0.05) is 51.7 Å². The van der Waals surface area contributed by atoms with Crippen molar-refractivity contribution in [1.29, 1.82) is 0 Å². The van der Waals surface area contributed by atoms with Gasteiger partial charge in [0.15, 0.2) is 11.6 Å². The van der Waals surface area contributed by atoms with E-state index in [4.69, 9.17) is 18.9 Å². The number of aromatic nitrogens is 4. The van der Waals surface area contributed by atoms with Crippen LogP contribution in [0.25, 0.3) is 16.9 Å². The van der Waals surface area contributed by atoms with Crippen LogP contribution in [0.5, 0.6) is 0 Å². The van der Waals surface area contributed by atoms with E-state index in [2.05, 4.69) is 20.0 Å². The smallest absolute Gasteiger partial charge is 0.384 e. The van der Waals surface area contributed by atoms with Crippen LogP contribution in [0.4, 0.5) is 24.8 Å². The second kappa shape index (κ2) is 11.1. The van der Waals surface area contributed by atoms with Gasteiger partial charge in [-0.15, -0.1) is 5.10 Å². The van der Waals surface area contributed by atoms with Crippen molar-refractivity contribution in [3.05, 3.63) is 35.7 Å². The van der Waals surface area contributed by atoms with Crippen LogP contribution in [0.2, 0.25) is 0 Å². The first-order chi connectivity index (χ1) is 19.1. The van der Waals surface area contributed by atoms with Gasteiger partial charge in [-0.25, -0.2) is 14.5 Å². The van der Waals surface area contributed by atoms with E-state index in [1.165, 1.54) is 4.52 Å². The molecule has 3 aromatic rings. The first kappa shape index (κ1) is 27.9. The number of rotatable bonds is 3. The molecule has 16 heteroatoms. The minimum Gasteiger partial charge on any atom is -0.384 e. The number of pyridine rings is 1. The highest BCUT2D eigenvalue weighted by molar-refractivity contribution is 7.51. The van der Waals surface area contributed by atoms with E-state index < -0.39 is 23.3 Å². The summed E-state index contributed by atoms with van der Waals surface area (Å²) in [6, 6.07) is 2.51. The summed E-state index contributed by atoms with van der Waals surface area (Å²) in [4.78, 5) is 27.7. The van der Waals surface area contributed by atoms with Gasteiger partial charge in [0.1, 0.15) is 11.3 Å². The van der Waals surface area contributed by atoms with Gasteiger partial charge in [0.2, 0.25) is 0 Å². The summed E-state index contributed by atoms with van der Waals surface area (Å²) in [6.07, 6.45) is -0.163. The van der Waals surface area contributed by atoms with Crippen molar-refractivity contribution in [2.24, 2.45) is 0 Å². The predicted octanol–water partition coefficient (Wildman–Crippen LogP) is 1.48. The number of likely N-dealkylation sites (N-methyl/N-ethyl adjacent to an activating group) is 1. The van der Waals surface area contributed by atoms with Gasteiger partial charge in [0.05, 0.1) is 28.9 Å². The van der Waals surface area contributed by atoms with E-state index >= 15 is 0 Å². The molecule has 0 spiro atoms. The summed E-state index contributed by atoms with van der Waals surface area (Å²) in [5.41, 5.74) is 5.30. The number of amides is 1. The number of halogens is 3. The number of piperazine rings is 1. The number of nitrogens with two attached hydrogens (primary N) is 1. The number of morpholine rings is 1. The van der Waals surface area contributed by atoms with E-state index in [0.29, 0.717) is 43.1 Å². The van der Waals surface area contributed by atoms with Gasteiger partial charge in [0.25, 0.3) is 5.91 Å². The zero-order chi connectivity index (χ0) is 28.6. The van der Waals surface area contributed by atoms with Crippen molar-refractivity contribution >= 4 is 34.6 Å². The third-order valence-corrected chi connectivity index (χ3v) is 7.30. The molecule has 1 amide bonds. The Labute approximate surface area is 230 Å². The molecule has 3 aliphatic heterocycles. The van der Waals surface area contributed by atoms with Crippen molar-refractivity contribution in [3.63, 3.8) is 0 Å². The van der Waals surface area contributed by atoms with E-state index in [1.54, 1.807) is 17.2 Å². The van der Waals surface area contributed by atoms with Gasteiger partial charge >= 0.3 is 17.7 Å². The molecule has 6 heterocycles. The number of hydrogen-bond acceptors (Lipinski definition) is 10. The largest absolute Gasteiger partial charge is 0.417 e. The molecule has 0 aromatic carbocycles. The monoisotopic (exact) mass is 580 g/mol. The first-order valence-corrected chi connectivity index (χ1v) is 13.3. The van der Waals surface area contributed by atoms with Gasteiger partial charge in [-0.3, -0.25) is 4.79 Å². The van der Waals surface area contributed by atoms with Gasteiger partial charge in [-0.05, 0) is 32.0 Å². The molecule has 3 fully saturated rings. The second-order valence-corrected chi connectivity index (χ2v) is 10.1. The summed E-state index contributed by atoms with van der Waals surface area (Å²) in [6.45, 7) is 3.86. The number of nitrogens with zero attached hydrogens (tertiary/aromatic N) is 7. The van der Waals surface area contributed by atoms with E-state index in [-0.39, 0.29) is 35.3 Å². The molecule has 0 saturated carbocycles. The average molecular weight is 581 g/mol. The molecule has 6 rings (SSSR count). The molecule has 0 radical (unpaired) electrons. The van der Waals surface area contributed by atoms with Gasteiger partial charge < -0.3 is 25.2 Å². The Bertz CT molecular complexity index is 1440. The Morgan fingerprint density at radius 1 is 1.10 bits per heavy atom. The lowest BCUT2D eigenvalue weighted by atomic mass is 10.1. The van der Waals surface area contributed by atoms with Gasteiger partial charge in [-0.1, -0.05) is 0 Å². The number of carbonyl (C=O) groups excluding carboxylic acids is 1. The number of fused-ring (bicyclic) bond motifs is 3. The predicted molar refractivity (Wildman–Crippen MR) is 138 cm³/mol. The fourth-order valence-corrected chi connectivity index (χ4v) is 5.31. The van der Waals surface area contributed by atoms with Gasteiger partial charge in [-0.2, -0.15) is 21.6 Å². The zero-order valence-electron chi connectivity index (χ0n) is 21.5. The highest BCUT2D eigenvalue weighted by atomic mass is 32.1. The highest BCUT2D eigenvalue weighted by Gasteiger charge is 2.38. The molecule has 3 saturated heterocycles. The molecule has 2 unspecified atom stereocenters. The number of ether oxygens (including phenoxy) is 1. The maximum absolute atomic E-state index is 13.9. The number of hydrogen-bond donors (Lipinski definition) is 1. The first-order valence-electron chi connectivity index (χ1n) is 12.6. The third-order valence-electron chi connectivity index (χ3n) is 7.30. The van der Waals surface area contributed by atoms with Crippen LogP contribution in [0.15, 0.2) is 24.5 Å². The molecule has 214 valence electrons. The van der Waals surface area contributed by atoms with Crippen molar-refractivity contribution < 1.29 is 31.1 Å². The standard InChI is InChI=1S/C24H27F3N8O2.O2S/c1-32-4-6-33(7-5-32)23(36)14-8-19-22(34-12-15-2-3-16(13-34)37-15)30-21(31-35(19)11-14)17-10-29-20(28)9-18(17)24(25,26)27;1-3-2/h8-11,15-16H,2-7,12-13H2,1H3,(H2,28,29);. The minimum atomic E-state index is -4.68. The molecule has 0 aliphatic carbocycles. The summed E-state index contributed by atoms with van der Waals surface area (Å²) in [5, 5.41) is 4.41. The fraction of sp³-hybridized carbons (Fsp3) is 0.500. The molecular formula is C24H27F3N8O4S. The number of anilines is 2. The molecule has 12 nitrogen and oxygen atoms in total. The average Bonchev–Trinajstić information content (AvgIpc) is 3.50. The lowest BCUT2D eigenvalue weighted by Crippen LogP contribution is -2.47. The number of alkyl halides is 3. The molecule has 2 bridgehead atoms. The third kappa shape index (κ3) is 5.64. The molecule has 40 heavy (non-hydrogen) atoms. The zero-order valence-corrected chi connectivity index (χ0v) is 22.3. The van der Waals surface area contributed by atoms with Crippen molar-refractivity contribution in [3.8, 4) is 11.4 Å². The maximum atomic E-state index is 13.9. The number of nitrogen functional groups attached to an aromatic ring is 1. The van der Waals surface area contributed by atoms with Crippen LogP contribution in [0, 0.1) is 0 Å². The molecule has 2 N–H and O–H groups in total. The quantitative estimate of drug-likeness (QED) is 0.485. The van der Waals surface area contributed by atoms with Crippen LogP contribution in [-0.2, 0) is 22.5 Å². The Kier molecular flexibility index (Phi) is 7.74. The summed E-state index contributed by atoms with van der Waals surface area (Å²) in [5.74, 6) is -0.0654. The SMILES string of the molecule is CN1CCN(C(=O)c2cc3c(N4CC5CCC(C4)O5)nc(-c4cnc(N)cc4C(F)(F)F)nn3c2)CC1.O=S=O. The van der Waals surface area contributed by atoms with E-state index in [0.717, 1.165) is 38.2 Å². The Balaban J connectivity index is 0.00000103. The van der Waals surface area contributed by atoms with E-state index in [1.807, 2.05) is 11.9 Å². The highest BCUT2D eigenvalue weighted by Crippen LogP contribution is 2.38. The molecule has 3 aliphatic rings. The molecule has 3 aromatic heterocycles. The molecule has 2 atom stereocenters. The minimum absolute atomic E-state index is 0.0301. The lowest BCUT2D eigenvalue weighted by molar-refractivity contribution is -0.137. The second-order valence-electron chi connectivity index (χ2n) is 10.00. The van der Waals surface area contributed by atoms with Crippen molar-refractivity contribution in [2.45, 2.75) is 31.2 Å². The Morgan fingerprint density at radius 2 is 1.75 bits per heavy atom. The van der Waals surface area contributed by atoms with Crippen molar-refractivity contribution in [1.82, 2.24) is 29.4 Å². The van der Waals surface area contributed by atoms with Crippen LogP contribution in [0.3, 0.4) is 0 Å². The Morgan fingerprint density at radius 3 is 2.38 bits per heavy atom.